The topological polar surface area (TPSA) is 52.3 Å². The van der Waals surface area contributed by atoms with Gasteiger partial charge in [0.1, 0.15) is 12.3 Å². The fourth-order valence-corrected chi connectivity index (χ4v) is 3.03. The van der Waals surface area contributed by atoms with E-state index in [2.05, 4.69) is 5.16 Å². The molecule has 0 amide bonds. The molecule has 0 N–H and O–H groups in total. The Kier molecular flexibility index (Phi) is 4.06. The van der Waals surface area contributed by atoms with Gasteiger partial charge in [-0.05, 0) is 30.5 Å². The Morgan fingerprint density at radius 3 is 2.52 bits per heavy atom. The van der Waals surface area contributed by atoms with E-state index in [4.69, 9.17) is 20.9 Å². The molecule has 1 fully saturated rings. The molecule has 3 aromatic rings. The van der Waals surface area contributed by atoms with Crippen molar-refractivity contribution in [3.05, 3.63) is 76.9 Å². The first-order chi connectivity index (χ1) is 12.2. The van der Waals surface area contributed by atoms with Gasteiger partial charge in [0.2, 0.25) is 0 Å². The molecule has 4 rings (SSSR count). The molecule has 1 aromatic heterocycles. The number of esters is 1. The number of halogens is 1. The Balaban J connectivity index is 1.43. The van der Waals surface area contributed by atoms with Crippen LogP contribution in [0.15, 0.2) is 65.2 Å². The highest BCUT2D eigenvalue weighted by atomic mass is 35.5. The van der Waals surface area contributed by atoms with Crippen LogP contribution in [0.5, 0.6) is 0 Å². The van der Waals surface area contributed by atoms with Crippen LogP contribution in [0.25, 0.3) is 11.3 Å². The van der Waals surface area contributed by atoms with Crippen molar-refractivity contribution in [1.29, 1.82) is 0 Å². The van der Waals surface area contributed by atoms with Gasteiger partial charge in [-0.15, -0.1) is 0 Å². The highest BCUT2D eigenvalue weighted by Gasteiger charge is 2.52. The van der Waals surface area contributed by atoms with Crippen LogP contribution in [0.2, 0.25) is 5.02 Å². The zero-order valence-corrected chi connectivity index (χ0v) is 14.2. The Morgan fingerprint density at radius 1 is 1.12 bits per heavy atom. The van der Waals surface area contributed by atoms with Gasteiger partial charge in [0.25, 0.3) is 0 Å². The summed E-state index contributed by atoms with van der Waals surface area (Å²) in [5.41, 5.74) is 1.95. The third-order valence-electron chi connectivity index (χ3n) is 4.51. The van der Waals surface area contributed by atoms with Gasteiger partial charge in [-0.25, -0.2) is 0 Å². The first kappa shape index (κ1) is 15.9. The summed E-state index contributed by atoms with van der Waals surface area (Å²) in [7, 11) is 0. The summed E-state index contributed by atoms with van der Waals surface area (Å²) < 4.78 is 10.8. The second-order valence-corrected chi connectivity index (χ2v) is 6.65. The maximum absolute atomic E-state index is 12.5. The third-order valence-corrected chi connectivity index (χ3v) is 4.76. The number of hydrogen-bond acceptors (Lipinski definition) is 4. The van der Waals surface area contributed by atoms with Crippen LogP contribution in [0.4, 0.5) is 0 Å². The first-order valence-electron chi connectivity index (χ1n) is 8.12. The number of benzene rings is 2. The van der Waals surface area contributed by atoms with E-state index in [0.29, 0.717) is 16.5 Å². The van der Waals surface area contributed by atoms with Crippen molar-refractivity contribution in [1.82, 2.24) is 5.16 Å². The van der Waals surface area contributed by atoms with E-state index in [1.165, 1.54) is 0 Å². The van der Waals surface area contributed by atoms with Crippen molar-refractivity contribution in [2.45, 2.75) is 24.9 Å². The molecule has 1 saturated carbocycles. The Labute approximate surface area is 150 Å². The number of ether oxygens (including phenoxy) is 1. The van der Waals surface area contributed by atoms with E-state index in [0.717, 1.165) is 24.0 Å². The molecule has 1 heterocycles. The standard InChI is InChI=1S/C20H16ClNO3/c21-16-8-6-15(7-9-16)20(10-11-20)19(23)24-13-17-12-18(25-22-17)14-4-2-1-3-5-14/h1-9,12H,10-11,13H2. The molecule has 25 heavy (non-hydrogen) atoms. The average Bonchev–Trinajstić information content (AvgIpc) is 3.32. The number of carbonyl (C=O) groups excluding carboxylic acids is 1. The summed E-state index contributed by atoms with van der Waals surface area (Å²) in [6, 6.07) is 18.9. The average molecular weight is 354 g/mol. The largest absolute Gasteiger partial charge is 0.458 e. The minimum absolute atomic E-state index is 0.102. The maximum atomic E-state index is 12.5. The molecule has 4 nitrogen and oxygen atoms in total. The lowest BCUT2D eigenvalue weighted by atomic mass is 9.96. The van der Waals surface area contributed by atoms with Crippen molar-refractivity contribution in [3.8, 4) is 11.3 Å². The van der Waals surface area contributed by atoms with Crippen LogP contribution in [0, 0.1) is 0 Å². The van der Waals surface area contributed by atoms with Crippen molar-refractivity contribution in [2.24, 2.45) is 0 Å². The lowest BCUT2D eigenvalue weighted by Gasteiger charge is -2.14. The van der Waals surface area contributed by atoms with E-state index in [1.54, 1.807) is 18.2 Å². The van der Waals surface area contributed by atoms with E-state index < -0.39 is 5.41 Å². The lowest BCUT2D eigenvalue weighted by Crippen LogP contribution is -2.23. The molecule has 0 saturated heterocycles. The summed E-state index contributed by atoms with van der Waals surface area (Å²) in [6.45, 7) is 0.102. The van der Waals surface area contributed by atoms with Gasteiger partial charge in [0, 0.05) is 16.7 Å². The smallest absolute Gasteiger partial charge is 0.316 e. The van der Waals surface area contributed by atoms with Crippen LogP contribution in [-0.4, -0.2) is 11.1 Å². The van der Waals surface area contributed by atoms with E-state index in [1.807, 2.05) is 42.5 Å². The SMILES string of the molecule is O=C(OCc1cc(-c2ccccc2)on1)C1(c2ccc(Cl)cc2)CC1. The number of carbonyl (C=O) groups is 1. The van der Waals surface area contributed by atoms with Crippen LogP contribution < -0.4 is 0 Å². The molecule has 0 bridgehead atoms. The Morgan fingerprint density at radius 2 is 1.84 bits per heavy atom. The van der Waals surface area contributed by atoms with Crippen molar-refractivity contribution >= 4 is 17.6 Å². The zero-order chi connectivity index (χ0) is 17.3. The van der Waals surface area contributed by atoms with Crippen molar-refractivity contribution < 1.29 is 14.1 Å². The molecular weight excluding hydrogens is 338 g/mol. The molecule has 0 aliphatic heterocycles. The van der Waals surface area contributed by atoms with E-state index in [9.17, 15) is 4.79 Å². The summed E-state index contributed by atoms with van der Waals surface area (Å²) in [6.07, 6.45) is 1.59. The number of nitrogens with zero attached hydrogens (tertiary/aromatic N) is 1. The van der Waals surface area contributed by atoms with Crippen LogP contribution in [0.3, 0.4) is 0 Å². The second kappa shape index (κ2) is 6.37. The molecule has 0 spiro atoms. The number of rotatable bonds is 5. The van der Waals surface area contributed by atoms with Crippen LogP contribution in [0.1, 0.15) is 24.1 Å². The molecule has 0 atom stereocenters. The summed E-state index contributed by atoms with van der Waals surface area (Å²) in [5.74, 6) is 0.435. The molecule has 2 aromatic carbocycles. The summed E-state index contributed by atoms with van der Waals surface area (Å²) in [5, 5.41) is 4.64. The first-order valence-corrected chi connectivity index (χ1v) is 8.49. The highest BCUT2D eigenvalue weighted by Crippen LogP contribution is 2.49. The molecule has 1 aliphatic rings. The highest BCUT2D eigenvalue weighted by molar-refractivity contribution is 6.30. The van der Waals surface area contributed by atoms with Gasteiger partial charge in [0.15, 0.2) is 5.76 Å². The van der Waals surface area contributed by atoms with Gasteiger partial charge >= 0.3 is 5.97 Å². The van der Waals surface area contributed by atoms with Crippen molar-refractivity contribution in [3.63, 3.8) is 0 Å². The minimum Gasteiger partial charge on any atom is -0.458 e. The van der Waals surface area contributed by atoms with Gasteiger partial charge in [-0.1, -0.05) is 59.2 Å². The fourth-order valence-electron chi connectivity index (χ4n) is 2.90. The number of aromatic nitrogens is 1. The minimum atomic E-state index is -0.531. The van der Waals surface area contributed by atoms with Gasteiger partial charge in [-0.2, -0.15) is 0 Å². The van der Waals surface area contributed by atoms with E-state index >= 15 is 0 Å². The summed E-state index contributed by atoms with van der Waals surface area (Å²) in [4.78, 5) is 12.5. The zero-order valence-electron chi connectivity index (χ0n) is 13.4. The van der Waals surface area contributed by atoms with Crippen LogP contribution >= 0.6 is 11.6 Å². The molecule has 1 aliphatic carbocycles. The Hall–Kier alpha value is -2.59. The van der Waals surface area contributed by atoms with Gasteiger partial charge in [-0.3, -0.25) is 4.79 Å². The molecule has 0 radical (unpaired) electrons. The molecular formula is C20H16ClNO3. The fraction of sp³-hybridized carbons (Fsp3) is 0.200. The second-order valence-electron chi connectivity index (χ2n) is 6.21. The summed E-state index contributed by atoms with van der Waals surface area (Å²) >= 11 is 5.92. The van der Waals surface area contributed by atoms with Gasteiger partial charge < -0.3 is 9.26 Å². The maximum Gasteiger partial charge on any atom is 0.316 e. The third kappa shape index (κ3) is 3.17. The Bertz CT molecular complexity index is 883. The quantitative estimate of drug-likeness (QED) is 0.620. The molecule has 126 valence electrons. The predicted molar refractivity (Wildman–Crippen MR) is 94.1 cm³/mol. The van der Waals surface area contributed by atoms with Crippen molar-refractivity contribution in [2.75, 3.05) is 0 Å². The monoisotopic (exact) mass is 353 g/mol. The molecule has 0 unspecified atom stereocenters. The van der Waals surface area contributed by atoms with Crippen LogP contribution in [-0.2, 0) is 21.6 Å². The lowest BCUT2D eigenvalue weighted by molar-refractivity contribution is -0.148. The van der Waals surface area contributed by atoms with E-state index in [-0.39, 0.29) is 12.6 Å². The molecule has 5 heteroatoms. The normalized spacial score (nSPS) is 14.9. The predicted octanol–water partition coefficient (Wildman–Crippen LogP) is 4.77. The number of hydrogen-bond donors (Lipinski definition) is 0. The van der Waals surface area contributed by atoms with Gasteiger partial charge in [0.05, 0.1) is 5.41 Å².